The van der Waals surface area contributed by atoms with E-state index in [1.807, 2.05) is 0 Å². The number of carbonyl (C=O) groups excluding carboxylic acids is 2. The van der Waals surface area contributed by atoms with Crippen LogP contribution in [0.15, 0.2) is 6.20 Å². The van der Waals surface area contributed by atoms with Gasteiger partial charge in [-0.15, -0.1) is 11.3 Å². The van der Waals surface area contributed by atoms with Gasteiger partial charge < -0.3 is 10.1 Å². The number of hydrogen-bond acceptors (Lipinski definition) is 5. The van der Waals surface area contributed by atoms with Crippen molar-refractivity contribution in [3.63, 3.8) is 0 Å². The first-order valence-corrected chi connectivity index (χ1v) is 7.31. The lowest BCUT2D eigenvalue weighted by Crippen LogP contribution is -2.27. The fourth-order valence-corrected chi connectivity index (χ4v) is 2.78. The fraction of sp³-hybridized carbons (Fsp3) is 0.615. The number of nitrogens with zero attached hydrogens (tertiary/aromatic N) is 1. The van der Waals surface area contributed by atoms with E-state index in [0.717, 1.165) is 37.4 Å². The third kappa shape index (κ3) is 4.11. The minimum atomic E-state index is -0.151. The molecule has 0 bridgehead atoms. The molecule has 6 heteroatoms. The predicted molar refractivity (Wildman–Crippen MR) is 72.6 cm³/mol. The Labute approximate surface area is 116 Å². The minimum Gasteiger partial charge on any atom is -0.381 e. The summed E-state index contributed by atoms with van der Waals surface area (Å²) in [5.41, 5.74) is 0. The number of carbonyl (C=O) groups is 2. The van der Waals surface area contributed by atoms with Gasteiger partial charge in [0.25, 0.3) is 5.91 Å². The third-order valence-electron chi connectivity index (χ3n) is 3.12. The quantitative estimate of drug-likeness (QED) is 0.837. The van der Waals surface area contributed by atoms with E-state index in [9.17, 15) is 9.59 Å². The summed E-state index contributed by atoms with van der Waals surface area (Å²) in [7, 11) is 0. The van der Waals surface area contributed by atoms with Crippen molar-refractivity contribution in [3.8, 4) is 0 Å². The smallest absolute Gasteiger partial charge is 0.263 e. The van der Waals surface area contributed by atoms with Crippen molar-refractivity contribution >= 4 is 23.0 Å². The lowest BCUT2D eigenvalue weighted by atomic mass is 9.99. The van der Waals surface area contributed by atoms with E-state index in [1.165, 1.54) is 19.5 Å². The van der Waals surface area contributed by atoms with Crippen LogP contribution in [0.3, 0.4) is 0 Å². The largest absolute Gasteiger partial charge is 0.381 e. The van der Waals surface area contributed by atoms with Gasteiger partial charge in [0.2, 0.25) is 0 Å². The second-order valence-electron chi connectivity index (χ2n) is 4.71. The number of thiazole rings is 1. The van der Waals surface area contributed by atoms with Crippen molar-refractivity contribution in [3.05, 3.63) is 16.1 Å². The first kappa shape index (κ1) is 14.1. The van der Waals surface area contributed by atoms with Gasteiger partial charge >= 0.3 is 0 Å². The van der Waals surface area contributed by atoms with Crippen LogP contribution >= 0.6 is 11.3 Å². The molecule has 0 spiro atoms. The van der Waals surface area contributed by atoms with Crippen molar-refractivity contribution in [2.75, 3.05) is 19.8 Å². The van der Waals surface area contributed by atoms with Gasteiger partial charge in [-0.25, -0.2) is 4.98 Å². The molecule has 19 heavy (non-hydrogen) atoms. The normalized spacial score (nSPS) is 19.1. The first-order valence-electron chi connectivity index (χ1n) is 6.49. The molecule has 0 aliphatic carbocycles. The van der Waals surface area contributed by atoms with Crippen LogP contribution in [-0.2, 0) is 4.74 Å². The minimum absolute atomic E-state index is 0.108. The Balaban J connectivity index is 1.75. The van der Waals surface area contributed by atoms with Crippen LogP contribution < -0.4 is 5.32 Å². The summed E-state index contributed by atoms with van der Waals surface area (Å²) < 4.78 is 5.40. The summed E-state index contributed by atoms with van der Waals surface area (Å²) in [4.78, 5) is 27.4. The zero-order valence-corrected chi connectivity index (χ0v) is 11.8. The molecule has 1 amide bonds. The van der Waals surface area contributed by atoms with Crippen LogP contribution in [0.5, 0.6) is 0 Å². The van der Waals surface area contributed by atoms with Crippen molar-refractivity contribution < 1.29 is 14.3 Å². The summed E-state index contributed by atoms with van der Waals surface area (Å²) >= 11 is 1.14. The molecular weight excluding hydrogens is 264 g/mol. The molecule has 5 nitrogen and oxygen atoms in total. The van der Waals surface area contributed by atoms with E-state index in [4.69, 9.17) is 4.74 Å². The van der Waals surface area contributed by atoms with Crippen molar-refractivity contribution in [1.82, 2.24) is 10.3 Å². The number of ether oxygens (including phenoxy) is 1. The standard InChI is InChI=1S/C13H18N2O3S/c1-9(16)13-15-7-11(19-13)12(17)14-5-4-10-3-2-6-18-8-10/h7,10H,2-6,8H2,1H3,(H,14,17). The summed E-state index contributed by atoms with van der Waals surface area (Å²) in [5, 5.41) is 3.24. The highest BCUT2D eigenvalue weighted by Crippen LogP contribution is 2.17. The summed E-state index contributed by atoms with van der Waals surface area (Å²) in [6, 6.07) is 0. The summed E-state index contributed by atoms with van der Waals surface area (Å²) in [5.74, 6) is 0.286. The lowest BCUT2D eigenvalue weighted by Gasteiger charge is -2.21. The Morgan fingerprint density at radius 3 is 3.05 bits per heavy atom. The maximum atomic E-state index is 11.8. The topological polar surface area (TPSA) is 68.3 Å². The molecule has 0 saturated carbocycles. The number of nitrogens with one attached hydrogen (secondary N) is 1. The molecular formula is C13H18N2O3S. The molecule has 1 unspecified atom stereocenters. The van der Waals surface area contributed by atoms with Gasteiger partial charge in [-0.2, -0.15) is 0 Å². The molecule has 1 aliphatic rings. The highest BCUT2D eigenvalue weighted by atomic mass is 32.1. The van der Waals surface area contributed by atoms with E-state index in [-0.39, 0.29) is 11.7 Å². The van der Waals surface area contributed by atoms with Crippen LogP contribution in [0, 0.1) is 5.92 Å². The maximum Gasteiger partial charge on any atom is 0.263 e. The molecule has 1 atom stereocenters. The second-order valence-corrected chi connectivity index (χ2v) is 5.74. The van der Waals surface area contributed by atoms with E-state index < -0.39 is 0 Å². The summed E-state index contributed by atoms with van der Waals surface area (Å²) in [6.45, 7) is 3.74. The SMILES string of the molecule is CC(=O)c1ncc(C(=O)NCCC2CCCOC2)s1. The molecule has 2 rings (SSSR count). The fourth-order valence-electron chi connectivity index (χ4n) is 2.05. The van der Waals surface area contributed by atoms with Gasteiger partial charge in [0.15, 0.2) is 10.8 Å². The Kier molecular flexibility index (Phi) is 5.04. The number of ketones is 1. The Morgan fingerprint density at radius 1 is 1.58 bits per heavy atom. The van der Waals surface area contributed by atoms with E-state index in [0.29, 0.717) is 22.3 Å². The highest BCUT2D eigenvalue weighted by Gasteiger charge is 2.15. The Hall–Kier alpha value is -1.27. The van der Waals surface area contributed by atoms with Crippen LogP contribution in [0.4, 0.5) is 0 Å². The molecule has 1 aliphatic heterocycles. The first-order chi connectivity index (χ1) is 9.16. The van der Waals surface area contributed by atoms with Gasteiger partial charge in [-0.05, 0) is 25.2 Å². The molecule has 1 fully saturated rings. The predicted octanol–water partition coefficient (Wildman–Crippen LogP) is 1.89. The van der Waals surface area contributed by atoms with Crippen LogP contribution in [-0.4, -0.2) is 36.4 Å². The van der Waals surface area contributed by atoms with Crippen molar-refractivity contribution in [2.45, 2.75) is 26.2 Å². The zero-order chi connectivity index (χ0) is 13.7. The Bertz CT molecular complexity index is 452. The highest BCUT2D eigenvalue weighted by molar-refractivity contribution is 7.15. The molecule has 104 valence electrons. The van der Waals surface area contributed by atoms with E-state index >= 15 is 0 Å². The zero-order valence-electron chi connectivity index (χ0n) is 11.0. The van der Waals surface area contributed by atoms with Crippen LogP contribution in [0.1, 0.15) is 45.7 Å². The van der Waals surface area contributed by atoms with Crippen molar-refractivity contribution in [2.24, 2.45) is 5.92 Å². The molecule has 1 aromatic heterocycles. The molecule has 1 aromatic rings. The third-order valence-corrected chi connectivity index (χ3v) is 4.22. The number of aromatic nitrogens is 1. The van der Waals surface area contributed by atoms with Gasteiger partial charge in [0.1, 0.15) is 4.88 Å². The number of Topliss-reactive ketones (excluding diaryl/α,β-unsaturated/α-hetero) is 1. The van der Waals surface area contributed by atoms with Gasteiger partial charge in [-0.3, -0.25) is 9.59 Å². The number of hydrogen-bond donors (Lipinski definition) is 1. The van der Waals surface area contributed by atoms with Gasteiger partial charge in [0.05, 0.1) is 6.20 Å². The summed E-state index contributed by atoms with van der Waals surface area (Å²) in [6.07, 6.45) is 4.67. The van der Waals surface area contributed by atoms with Gasteiger partial charge in [0, 0.05) is 26.7 Å². The second kappa shape index (κ2) is 6.77. The molecule has 0 aromatic carbocycles. The van der Waals surface area contributed by atoms with Crippen LogP contribution in [0.2, 0.25) is 0 Å². The maximum absolute atomic E-state index is 11.8. The van der Waals surface area contributed by atoms with E-state index in [1.54, 1.807) is 0 Å². The monoisotopic (exact) mass is 282 g/mol. The number of rotatable bonds is 5. The van der Waals surface area contributed by atoms with Crippen molar-refractivity contribution in [1.29, 1.82) is 0 Å². The van der Waals surface area contributed by atoms with Crippen LogP contribution in [0.25, 0.3) is 0 Å². The molecule has 0 radical (unpaired) electrons. The molecule has 1 N–H and O–H groups in total. The molecule has 1 saturated heterocycles. The van der Waals surface area contributed by atoms with Gasteiger partial charge in [-0.1, -0.05) is 0 Å². The average Bonchev–Trinajstić information content (AvgIpc) is 2.89. The lowest BCUT2D eigenvalue weighted by molar-refractivity contribution is 0.0514. The molecule has 2 heterocycles. The average molecular weight is 282 g/mol. The number of amides is 1. The van der Waals surface area contributed by atoms with E-state index in [2.05, 4.69) is 10.3 Å². The Morgan fingerprint density at radius 2 is 2.42 bits per heavy atom.